The fourth-order valence-corrected chi connectivity index (χ4v) is 3.61. The first-order chi connectivity index (χ1) is 12.6. The van der Waals surface area contributed by atoms with Crippen molar-refractivity contribution in [2.45, 2.75) is 44.9 Å². The molecule has 1 saturated carbocycles. The number of carbonyl (C=O) groups excluding carboxylic acids is 2. The number of hydrogen-bond acceptors (Lipinski definition) is 3. The molecule has 2 unspecified atom stereocenters. The molecule has 2 aliphatic carbocycles. The maximum atomic E-state index is 12.5. The smallest absolute Gasteiger partial charge is 0.226 e. The summed E-state index contributed by atoms with van der Waals surface area (Å²) in [5.74, 6) is -0.131. The van der Waals surface area contributed by atoms with Crippen molar-refractivity contribution < 1.29 is 9.59 Å². The van der Waals surface area contributed by atoms with Crippen LogP contribution in [0.15, 0.2) is 36.2 Å². The highest BCUT2D eigenvalue weighted by molar-refractivity contribution is 5.92. The molecule has 1 fully saturated rings. The Bertz CT molecular complexity index is 656. The lowest BCUT2D eigenvalue weighted by molar-refractivity contribution is -0.133. The average Bonchev–Trinajstić information content (AvgIpc) is 3.48. The Morgan fingerprint density at radius 3 is 2.73 bits per heavy atom. The number of aromatic nitrogens is 1. The fraction of sp³-hybridized carbons (Fsp3) is 0.571. The number of amides is 2. The molecule has 2 atom stereocenters. The molecular weight excluding hydrogens is 326 g/mol. The average molecular weight is 355 g/mol. The maximum absolute atomic E-state index is 12.5. The molecule has 2 amide bonds. The van der Waals surface area contributed by atoms with Crippen LogP contribution in [-0.2, 0) is 16.0 Å². The highest BCUT2D eigenvalue weighted by Crippen LogP contribution is 2.40. The minimum atomic E-state index is -0.133. The van der Waals surface area contributed by atoms with E-state index >= 15 is 0 Å². The summed E-state index contributed by atoms with van der Waals surface area (Å²) in [6.07, 6.45) is 13.2. The van der Waals surface area contributed by atoms with Gasteiger partial charge in [0.05, 0.1) is 11.8 Å². The van der Waals surface area contributed by atoms with E-state index in [1.807, 2.05) is 19.2 Å². The van der Waals surface area contributed by atoms with Crippen LogP contribution in [0, 0.1) is 11.8 Å². The Morgan fingerprint density at radius 2 is 2.00 bits per heavy atom. The zero-order valence-electron chi connectivity index (χ0n) is 15.6. The topological polar surface area (TPSA) is 62.3 Å². The van der Waals surface area contributed by atoms with Crippen molar-refractivity contribution in [1.82, 2.24) is 15.2 Å². The molecule has 1 heterocycles. The first-order valence-corrected chi connectivity index (χ1v) is 9.74. The Morgan fingerprint density at radius 1 is 1.19 bits per heavy atom. The molecule has 140 valence electrons. The van der Waals surface area contributed by atoms with Gasteiger partial charge in [0.2, 0.25) is 11.8 Å². The Hall–Kier alpha value is -2.17. The second kappa shape index (κ2) is 8.97. The van der Waals surface area contributed by atoms with Gasteiger partial charge in [-0.15, -0.1) is 0 Å². The normalized spacial score (nSPS) is 21.7. The van der Waals surface area contributed by atoms with Gasteiger partial charge in [-0.1, -0.05) is 11.6 Å². The molecule has 0 bridgehead atoms. The van der Waals surface area contributed by atoms with Crippen molar-refractivity contribution in [3.8, 4) is 0 Å². The van der Waals surface area contributed by atoms with Crippen LogP contribution in [-0.4, -0.2) is 41.8 Å². The van der Waals surface area contributed by atoms with Gasteiger partial charge in [0, 0.05) is 32.5 Å². The van der Waals surface area contributed by atoms with Crippen LogP contribution < -0.4 is 5.32 Å². The summed E-state index contributed by atoms with van der Waals surface area (Å²) in [6.45, 7) is 1.36. The van der Waals surface area contributed by atoms with Crippen molar-refractivity contribution >= 4 is 11.8 Å². The van der Waals surface area contributed by atoms with Crippen LogP contribution in [0.25, 0.3) is 0 Å². The number of pyridine rings is 1. The summed E-state index contributed by atoms with van der Waals surface area (Å²) in [7, 11) is 1.83. The van der Waals surface area contributed by atoms with Crippen LogP contribution in [0.4, 0.5) is 0 Å². The number of nitrogens with one attached hydrogen (secondary N) is 1. The molecule has 0 saturated heterocycles. The Labute approximate surface area is 155 Å². The van der Waals surface area contributed by atoms with Gasteiger partial charge in [0.1, 0.15) is 0 Å². The lowest BCUT2D eigenvalue weighted by Crippen LogP contribution is -2.33. The lowest BCUT2D eigenvalue weighted by Gasteiger charge is -2.17. The summed E-state index contributed by atoms with van der Waals surface area (Å²) >= 11 is 0. The second-order valence-electron chi connectivity index (χ2n) is 7.46. The number of allylic oxidation sites excluding steroid dienone is 1. The summed E-state index contributed by atoms with van der Waals surface area (Å²) in [5.41, 5.74) is 2.64. The Kier molecular flexibility index (Phi) is 6.42. The summed E-state index contributed by atoms with van der Waals surface area (Å²) in [5, 5.41) is 3.02. The summed E-state index contributed by atoms with van der Waals surface area (Å²) in [6, 6.07) is 3.93. The minimum Gasteiger partial charge on any atom is -0.356 e. The van der Waals surface area contributed by atoms with E-state index in [4.69, 9.17) is 0 Å². The molecule has 0 aromatic carbocycles. The van der Waals surface area contributed by atoms with Crippen molar-refractivity contribution in [2.24, 2.45) is 11.8 Å². The maximum Gasteiger partial charge on any atom is 0.226 e. The van der Waals surface area contributed by atoms with Crippen LogP contribution in [0.3, 0.4) is 0 Å². The molecule has 3 rings (SSSR count). The first-order valence-electron chi connectivity index (χ1n) is 9.74. The number of likely N-dealkylation sites (N-methyl/N-ethyl adjacent to an activating group) is 1. The van der Waals surface area contributed by atoms with Crippen molar-refractivity contribution in [1.29, 1.82) is 0 Å². The van der Waals surface area contributed by atoms with Crippen LogP contribution in [0.2, 0.25) is 0 Å². The lowest BCUT2D eigenvalue weighted by atomic mass is 9.97. The standard InChI is InChI=1S/C21H29N3O2/c1-24(14-10-17-7-11-22-12-8-17)21(26)19-15-18(19)20(25)23-13-9-16-5-3-2-4-6-16/h5,7-8,11-12,18-19H,2-4,6,9-10,13-15H2,1H3,(H,23,25). The molecule has 26 heavy (non-hydrogen) atoms. The molecule has 1 aromatic heterocycles. The van der Waals surface area contributed by atoms with Gasteiger partial charge in [-0.2, -0.15) is 0 Å². The van der Waals surface area contributed by atoms with E-state index in [0.29, 0.717) is 19.5 Å². The van der Waals surface area contributed by atoms with Crippen LogP contribution in [0.5, 0.6) is 0 Å². The Balaban J connectivity index is 1.36. The molecule has 0 radical (unpaired) electrons. The monoisotopic (exact) mass is 355 g/mol. The van der Waals surface area contributed by atoms with Gasteiger partial charge in [-0.05, 0) is 62.6 Å². The highest BCUT2D eigenvalue weighted by atomic mass is 16.2. The van der Waals surface area contributed by atoms with Crippen molar-refractivity contribution in [3.05, 3.63) is 41.7 Å². The highest BCUT2D eigenvalue weighted by Gasteiger charge is 2.48. The van der Waals surface area contributed by atoms with Gasteiger partial charge in [-0.3, -0.25) is 14.6 Å². The minimum absolute atomic E-state index is 0.0438. The fourth-order valence-electron chi connectivity index (χ4n) is 3.61. The molecule has 5 nitrogen and oxygen atoms in total. The summed E-state index contributed by atoms with van der Waals surface area (Å²) < 4.78 is 0. The largest absolute Gasteiger partial charge is 0.356 e. The van der Waals surface area contributed by atoms with E-state index in [-0.39, 0.29) is 23.7 Å². The number of nitrogens with zero attached hydrogens (tertiary/aromatic N) is 2. The zero-order chi connectivity index (χ0) is 18.4. The molecule has 0 aliphatic heterocycles. The molecule has 0 spiro atoms. The molecule has 2 aliphatic rings. The third-order valence-electron chi connectivity index (χ3n) is 5.44. The third kappa shape index (κ3) is 5.16. The van der Waals surface area contributed by atoms with Gasteiger partial charge in [-0.25, -0.2) is 0 Å². The number of hydrogen-bond donors (Lipinski definition) is 1. The van der Waals surface area contributed by atoms with E-state index in [2.05, 4.69) is 16.4 Å². The molecule has 1 N–H and O–H groups in total. The van der Waals surface area contributed by atoms with E-state index in [1.54, 1.807) is 17.3 Å². The third-order valence-corrected chi connectivity index (χ3v) is 5.44. The quantitative estimate of drug-likeness (QED) is 0.729. The zero-order valence-corrected chi connectivity index (χ0v) is 15.6. The second-order valence-corrected chi connectivity index (χ2v) is 7.46. The SMILES string of the molecule is CN(CCc1ccncc1)C(=O)C1CC1C(=O)NCCC1=CCCCC1. The van der Waals surface area contributed by atoms with Crippen LogP contribution in [0.1, 0.15) is 44.1 Å². The van der Waals surface area contributed by atoms with E-state index in [1.165, 1.54) is 36.8 Å². The molecule has 1 aromatic rings. The van der Waals surface area contributed by atoms with Crippen molar-refractivity contribution in [2.75, 3.05) is 20.1 Å². The number of carbonyl (C=O) groups is 2. The van der Waals surface area contributed by atoms with Crippen LogP contribution >= 0.6 is 0 Å². The molecular formula is C21H29N3O2. The van der Waals surface area contributed by atoms with Gasteiger partial charge in [0.15, 0.2) is 0 Å². The van der Waals surface area contributed by atoms with Gasteiger partial charge < -0.3 is 10.2 Å². The van der Waals surface area contributed by atoms with Crippen molar-refractivity contribution in [3.63, 3.8) is 0 Å². The number of rotatable bonds is 8. The van der Waals surface area contributed by atoms with E-state index in [0.717, 1.165) is 12.8 Å². The summed E-state index contributed by atoms with van der Waals surface area (Å²) in [4.78, 5) is 30.5. The predicted molar refractivity (Wildman–Crippen MR) is 101 cm³/mol. The van der Waals surface area contributed by atoms with E-state index in [9.17, 15) is 9.59 Å². The molecule has 5 heteroatoms. The van der Waals surface area contributed by atoms with E-state index < -0.39 is 0 Å². The first kappa shape index (κ1) is 18.6. The van der Waals surface area contributed by atoms with Gasteiger partial charge in [0.25, 0.3) is 0 Å². The predicted octanol–water partition coefficient (Wildman–Crippen LogP) is 2.73. The van der Waals surface area contributed by atoms with Gasteiger partial charge >= 0.3 is 0 Å².